The number of aryl methyl sites for hydroxylation is 2. The van der Waals surface area contributed by atoms with Gasteiger partial charge in [-0.2, -0.15) is 4.72 Å². The van der Waals surface area contributed by atoms with E-state index >= 15 is 0 Å². The van der Waals surface area contributed by atoms with Crippen LogP contribution in [0.2, 0.25) is 0 Å². The first-order valence-electron chi connectivity index (χ1n) is 9.70. The molecule has 2 rings (SSSR count). The van der Waals surface area contributed by atoms with Crippen molar-refractivity contribution in [3.05, 3.63) is 65.7 Å². The number of hydrogen-bond donors (Lipinski definition) is 2. The van der Waals surface area contributed by atoms with Crippen LogP contribution in [-0.2, 0) is 21.2 Å². The van der Waals surface area contributed by atoms with Gasteiger partial charge in [0.2, 0.25) is 15.9 Å². The molecule has 0 saturated heterocycles. The average Bonchev–Trinajstić information content (AvgIpc) is 2.66. The molecule has 0 saturated carbocycles. The van der Waals surface area contributed by atoms with Crippen LogP contribution >= 0.6 is 0 Å². The Morgan fingerprint density at radius 3 is 2.21 bits per heavy atom. The summed E-state index contributed by atoms with van der Waals surface area (Å²) in [5.41, 5.74) is 2.26. The van der Waals surface area contributed by atoms with Crippen LogP contribution < -0.4 is 10.0 Å². The summed E-state index contributed by atoms with van der Waals surface area (Å²) in [6, 6.07) is 16.0. The summed E-state index contributed by atoms with van der Waals surface area (Å²) in [6.07, 6.45) is 2.77. The Labute approximate surface area is 168 Å². The van der Waals surface area contributed by atoms with Crippen LogP contribution in [0.15, 0.2) is 59.5 Å². The van der Waals surface area contributed by atoms with Crippen molar-refractivity contribution in [1.29, 1.82) is 0 Å². The molecule has 0 bridgehead atoms. The van der Waals surface area contributed by atoms with E-state index in [1.807, 2.05) is 39.0 Å². The summed E-state index contributed by atoms with van der Waals surface area (Å²) >= 11 is 0. The molecule has 0 spiro atoms. The summed E-state index contributed by atoms with van der Waals surface area (Å²) < 4.78 is 27.8. The van der Waals surface area contributed by atoms with Crippen molar-refractivity contribution in [3.8, 4) is 0 Å². The topological polar surface area (TPSA) is 75.3 Å². The number of carbonyl (C=O) groups is 1. The van der Waals surface area contributed by atoms with Crippen molar-refractivity contribution in [2.24, 2.45) is 5.92 Å². The van der Waals surface area contributed by atoms with Crippen LogP contribution in [0.25, 0.3) is 0 Å². The fourth-order valence-corrected chi connectivity index (χ4v) is 4.21. The summed E-state index contributed by atoms with van der Waals surface area (Å²) in [7, 11) is -3.75. The van der Waals surface area contributed by atoms with Crippen molar-refractivity contribution in [1.82, 2.24) is 10.0 Å². The molecule has 2 aromatic carbocycles. The predicted molar refractivity (Wildman–Crippen MR) is 113 cm³/mol. The molecule has 152 valence electrons. The minimum atomic E-state index is -3.75. The van der Waals surface area contributed by atoms with E-state index in [0.717, 1.165) is 24.8 Å². The van der Waals surface area contributed by atoms with Gasteiger partial charge < -0.3 is 5.32 Å². The molecule has 28 heavy (non-hydrogen) atoms. The smallest absolute Gasteiger partial charge is 0.241 e. The van der Waals surface area contributed by atoms with E-state index in [0.29, 0.717) is 6.54 Å². The molecule has 0 heterocycles. The molecule has 0 radical (unpaired) electrons. The Bertz CT molecular complexity index is 847. The maximum Gasteiger partial charge on any atom is 0.241 e. The minimum Gasteiger partial charge on any atom is -0.355 e. The van der Waals surface area contributed by atoms with Gasteiger partial charge in [-0.05, 0) is 49.8 Å². The van der Waals surface area contributed by atoms with Gasteiger partial charge in [0.1, 0.15) is 6.04 Å². The number of unbranched alkanes of at least 4 members (excludes halogenated alkanes) is 1. The summed E-state index contributed by atoms with van der Waals surface area (Å²) in [6.45, 7) is 6.09. The third kappa shape index (κ3) is 6.77. The Morgan fingerprint density at radius 1 is 0.964 bits per heavy atom. The highest BCUT2D eigenvalue weighted by Crippen LogP contribution is 2.13. The minimum absolute atomic E-state index is 0.162. The summed E-state index contributed by atoms with van der Waals surface area (Å²) in [5, 5.41) is 2.87. The number of amides is 1. The van der Waals surface area contributed by atoms with E-state index in [1.54, 1.807) is 24.3 Å². The lowest BCUT2D eigenvalue weighted by Gasteiger charge is -2.21. The summed E-state index contributed by atoms with van der Waals surface area (Å²) in [5.74, 6) is -0.449. The molecule has 1 amide bonds. The van der Waals surface area contributed by atoms with Gasteiger partial charge in [-0.3, -0.25) is 4.79 Å². The molecule has 2 N–H and O–H groups in total. The highest BCUT2D eigenvalue weighted by Gasteiger charge is 2.28. The van der Waals surface area contributed by atoms with Crippen molar-refractivity contribution < 1.29 is 13.2 Å². The van der Waals surface area contributed by atoms with E-state index in [-0.39, 0.29) is 16.7 Å². The molecule has 0 aliphatic heterocycles. The molecular weight excluding hydrogens is 372 g/mol. The second-order valence-corrected chi connectivity index (χ2v) is 9.10. The highest BCUT2D eigenvalue weighted by atomic mass is 32.2. The lowest BCUT2D eigenvalue weighted by molar-refractivity contribution is -0.123. The van der Waals surface area contributed by atoms with Crippen molar-refractivity contribution in [3.63, 3.8) is 0 Å². The predicted octanol–water partition coefficient (Wildman–Crippen LogP) is 3.44. The van der Waals surface area contributed by atoms with Crippen molar-refractivity contribution in [2.45, 2.75) is 51.0 Å². The number of carbonyl (C=O) groups excluding carboxylic acids is 1. The average molecular weight is 403 g/mol. The van der Waals surface area contributed by atoms with Gasteiger partial charge in [-0.1, -0.05) is 61.9 Å². The fourth-order valence-electron chi connectivity index (χ4n) is 2.87. The third-order valence-electron chi connectivity index (χ3n) is 4.60. The van der Waals surface area contributed by atoms with Crippen molar-refractivity contribution in [2.75, 3.05) is 6.54 Å². The quantitative estimate of drug-likeness (QED) is 0.598. The normalized spacial score (nSPS) is 12.7. The Kier molecular flexibility index (Phi) is 8.20. The first kappa shape index (κ1) is 22.1. The van der Waals surface area contributed by atoms with Gasteiger partial charge in [0.25, 0.3) is 0 Å². The lowest BCUT2D eigenvalue weighted by atomic mass is 10.0. The largest absolute Gasteiger partial charge is 0.355 e. The Hall–Kier alpha value is -2.18. The zero-order chi connectivity index (χ0) is 20.6. The molecule has 0 aliphatic rings. The van der Waals surface area contributed by atoms with Crippen LogP contribution in [0, 0.1) is 12.8 Å². The van der Waals surface area contributed by atoms with E-state index < -0.39 is 16.1 Å². The van der Waals surface area contributed by atoms with Crippen molar-refractivity contribution >= 4 is 15.9 Å². The maximum atomic E-state index is 12.6. The zero-order valence-electron chi connectivity index (χ0n) is 16.8. The third-order valence-corrected chi connectivity index (χ3v) is 6.05. The van der Waals surface area contributed by atoms with Gasteiger partial charge in [-0.15, -0.1) is 0 Å². The Morgan fingerprint density at radius 2 is 1.61 bits per heavy atom. The summed E-state index contributed by atoms with van der Waals surface area (Å²) in [4.78, 5) is 12.7. The van der Waals surface area contributed by atoms with Gasteiger partial charge in [0, 0.05) is 6.54 Å². The molecule has 0 aromatic heterocycles. The molecule has 0 unspecified atom stereocenters. The standard InChI is InChI=1S/C22H30N2O3S/c1-17(2)21(24-28(26,27)20-14-12-18(3)13-15-20)22(25)23-16-8-7-11-19-9-5-4-6-10-19/h4-6,9-10,12-15,17,21,24H,7-8,11,16H2,1-3H3,(H,23,25)/t21-/m0/s1. The molecule has 0 fully saturated rings. The van der Waals surface area contributed by atoms with E-state index in [4.69, 9.17) is 0 Å². The monoisotopic (exact) mass is 402 g/mol. The molecule has 6 heteroatoms. The van der Waals surface area contributed by atoms with Gasteiger partial charge in [0.05, 0.1) is 4.90 Å². The van der Waals surface area contributed by atoms with Crippen LogP contribution in [0.3, 0.4) is 0 Å². The number of hydrogen-bond acceptors (Lipinski definition) is 3. The molecular formula is C22H30N2O3S. The van der Waals surface area contributed by atoms with Gasteiger partial charge in [-0.25, -0.2) is 8.42 Å². The first-order chi connectivity index (χ1) is 13.3. The van der Waals surface area contributed by atoms with Gasteiger partial charge in [0.15, 0.2) is 0 Å². The molecule has 2 aromatic rings. The van der Waals surface area contributed by atoms with Crippen LogP contribution in [0.5, 0.6) is 0 Å². The second-order valence-electron chi connectivity index (χ2n) is 7.39. The van der Waals surface area contributed by atoms with Crippen LogP contribution in [0.1, 0.15) is 37.8 Å². The van der Waals surface area contributed by atoms with Gasteiger partial charge >= 0.3 is 0 Å². The number of benzene rings is 2. The zero-order valence-corrected chi connectivity index (χ0v) is 17.6. The van der Waals surface area contributed by atoms with E-state index in [9.17, 15) is 13.2 Å². The SMILES string of the molecule is Cc1ccc(S(=O)(=O)N[C@H](C(=O)NCCCCc2ccccc2)C(C)C)cc1. The number of rotatable bonds is 10. The number of sulfonamides is 1. The van der Waals surface area contributed by atoms with Crippen LogP contribution in [0.4, 0.5) is 0 Å². The maximum absolute atomic E-state index is 12.6. The highest BCUT2D eigenvalue weighted by molar-refractivity contribution is 7.89. The van der Waals surface area contributed by atoms with E-state index in [1.165, 1.54) is 5.56 Å². The van der Waals surface area contributed by atoms with Crippen LogP contribution in [-0.4, -0.2) is 26.9 Å². The molecule has 1 atom stereocenters. The fraction of sp³-hybridized carbons (Fsp3) is 0.409. The number of nitrogens with one attached hydrogen (secondary N) is 2. The first-order valence-corrected chi connectivity index (χ1v) is 11.2. The Balaban J connectivity index is 1.86. The lowest BCUT2D eigenvalue weighted by Crippen LogP contribution is -2.49. The molecule has 5 nitrogen and oxygen atoms in total. The molecule has 0 aliphatic carbocycles. The second kappa shape index (κ2) is 10.4. The van der Waals surface area contributed by atoms with E-state index in [2.05, 4.69) is 22.2 Å².